The smallest absolute Gasteiger partial charge is 0.196 e. The third kappa shape index (κ3) is 5.25. The van der Waals surface area contributed by atoms with Crippen LogP contribution in [0, 0.1) is 11.3 Å². The molecular weight excluding hydrogens is 485 g/mol. The minimum absolute atomic E-state index is 0.0634. The Morgan fingerprint density at radius 1 is 1.15 bits per heavy atom. The molecule has 0 aliphatic heterocycles. The number of benzene rings is 2. The number of ether oxygens (including phenoxy) is 2. The first kappa shape index (κ1) is 24.5. The van der Waals surface area contributed by atoms with Crippen LogP contribution in [0.4, 0.5) is 0 Å². The molecular formula is C22H19Cl2N5O3S. The van der Waals surface area contributed by atoms with Gasteiger partial charge in [-0.3, -0.25) is 9.36 Å². The summed E-state index contributed by atoms with van der Waals surface area (Å²) in [6.45, 7) is 1.51. The third-order valence-corrected chi connectivity index (χ3v) is 6.01. The first-order chi connectivity index (χ1) is 15.8. The number of rotatable bonds is 8. The molecule has 0 aliphatic carbocycles. The minimum atomic E-state index is -0.410. The molecule has 33 heavy (non-hydrogen) atoms. The second kappa shape index (κ2) is 10.6. The molecule has 2 aromatic carbocycles. The van der Waals surface area contributed by atoms with Gasteiger partial charge in [0.2, 0.25) is 0 Å². The lowest BCUT2D eigenvalue weighted by molar-refractivity contribution is -0.112. The van der Waals surface area contributed by atoms with Gasteiger partial charge in [0.05, 0.1) is 36.2 Å². The summed E-state index contributed by atoms with van der Waals surface area (Å²) in [7, 11) is 3.06. The highest BCUT2D eigenvalue weighted by Gasteiger charge is 2.22. The van der Waals surface area contributed by atoms with Crippen molar-refractivity contribution in [2.45, 2.75) is 12.1 Å². The van der Waals surface area contributed by atoms with Crippen LogP contribution >= 0.6 is 35.0 Å². The molecule has 0 bridgehead atoms. The molecule has 170 valence electrons. The zero-order chi connectivity index (χ0) is 24.1. The molecule has 0 atom stereocenters. The number of carbonyl (C=O) groups is 1. The van der Waals surface area contributed by atoms with Gasteiger partial charge in [0.1, 0.15) is 23.1 Å². The second-order valence-electron chi connectivity index (χ2n) is 6.69. The van der Waals surface area contributed by atoms with Gasteiger partial charge in [-0.25, -0.2) is 0 Å². The van der Waals surface area contributed by atoms with Gasteiger partial charge in [-0.1, -0.05) is 35.0 Å². The van der Waals surface area contributed by atoms with Crippen molar-refractivity contribution >= 4 is 40.7 Å². The number of ketones is 1. The Morgan fingerprint density at radius 2 is 1.85 bits per heavy atom. The molecule has 0 unspecified atom stereocenters. The van der Waals surface area contributed by atoms with Crippen molar-refractivity contribution in [2.75, 3.05) is 20.0 Å². The van der Waals surface area contributed by atoms with E-state index in [-0.39, 0.29) is 17.0 Å². The maximum atomic E-state index is 12.5. The lowest BCUT2D eigenvalue weighted by Gasteiger charge is -2.14. The van der Waals surface area contributed by atoms with Gasteiger partial charge >= 0.3 is 0 Å². The quantitative estimate of drug-likeness (QED) is 0.267. The normalized spacial score (nSPS) is 11.5. The summed E-state index contributed by atoms with van der Waals surface area (Å²) >= 11 is 13.7. The van der Waals surface area contributed by atoms with E-state index >= 15 is 0 Å². The van der Waals surface area contributed by atoms with Crippen molar-refractivity contribution in [3.63, 3.8) is 0 Å². The molecule has 0 saturated heterocycles. The van der Waals surface area contributed by atoms with E-state index < -0.39 is 5.78 Å². The highest BCUT2D eigenvalue weighted by Crippen LogP contribution is 2.36. The SMILES string of the molecule is COc1ccc(-n2c(SCC(=O)/C(C#N)=C(/C)N)nnc2-c2cc(Cl)ccc2OC)cc1Cl. The molecule has 0 spiro atoms. The fourth-order valence-electron chi connectivity index (χ4n) is 2.99. The number of thioether (sulfide) groups is 1. The van der Waals surface area contributed by atoms with Crippen molar-refractivity contribution in [1.82, 2.24) is 14.8 Å². The van der Waals surface area contributed by atoms with Crippen LogP contribution in [0.25, 0.3) is 17.1 Å². The molecule has 0 aliphatic rings. The monoisotopic (exact) mass is 503 g/mol. The van der Waals surface area contributed by atoms with Crippen LogP contribution in [0.2, 0.25) is 10.0 Å². The predicted octanol–water partition coefficient (Wildman–Crippen LogP) is 4.68. The average molecular weight is 504 g/mol. The van der Waals surface area contributed by atoms with E-state index in [0.717, 1.165) is 11.8 Å². The maximum Gasteiger partial charge on any atom is 0.196 e. The van der Waals surface area contributed by atoms with Crippen molar-refractivity contribution in [1.29, 1.82) is 5.26 Å². The summed E-state index contributed by atoms with van der Waals surface area (Å²) in [4.78, 5) is 12.5. The lowest BCUT2D eigenvalue weighted by atomic mass is 10.2. The number of methoxy groups -OCH3 is 2. The molecule has 0 fully saturated rings. The predicted molar refractivity (Wildman–Crippen MR) is 128 cm³/mol. The van der Waals surface area contributed by atoms with Crippen LogP contribution < -0.4 is 15.2 Å². The molecule has 8 nitrogen and oxygen atoms in total. The van der Waals surface area contributed by atoms with Crippen LogP contribution in [0.5, 0.6) is 11.5 Å². The first-order valence-corrected chi connectivity index (χ1v) is 11.2. The van der Waals surface area contributed by atoms with Gasteiger partial charge in [0.15, 0.2) is 16.8 Å². The van der Waals surface area contributed by atoms with Gasteiger partial charge in [0, 0.05) is 10.7 Å². The maximum absolute atomic E-state index is 12.5. The van der Waals surface area contributed by atoms with Crippen molar-refractivity contribution in [3.8, 4) is 34.6 Å². The van der Waals surface area contributed by atoms with Gasteiger partial charge in [0.25, 0.3) is 0 Å². The number of aromatic nitrogens is 3. The summed E-state index contributed by atoms with van der Waals surface area (Å²) in [5.74, 6) is 0.991. The Bertz CT molecular complexity index is 1280. The first-order valence-electron chi connectivity index (χ1n) is 9.46. The number of carbonyl (C=O) groups excluding carboxylic acids is 1. The Balaban J connectivity index is 2.13. The molecule has 1 heterocycles. The van der Waals surface area contributed by atoms with Crippen LogP contribution in [0.15, 0.2) is 52.8 Å². The number of nitrogens with two attached hydrogens (primary N) is 1. The van der Waals surface area contributed by atoms with E-state index in [1.807, 2.05) is 6.07 Å². The second-order valence-corrected chi connectivity index (χ2v) is 8.47. The molecule has 2 N–H and O–H groups in total. The van der Waals surface area contributed by atoms with E-state index in [2.05, 4.69) is 10.2 Å². The van der Waals surface area contributed by atoms with Crippen LogP contribution in [-0.2, 0) is 4.79 Å². The van der Waals surface area contributed by atoms with Crippen molar-refractivity contribution in [2.24, 2.45) is 5.73 Å². The van der Waals surface area contributed by atoms with Crippen LogP contribution in [0.1, 0.15) is 6.92 Å². The highest BCUT2D eigenvalue weighted by atomic mass is 35.5. The van der Waals surface area contributed by atoms with Gasteiger partial charge in [-0.2, -0.15) is 5.26 Å². The number of nitrogens with zero attached hydrogens (tertiary/aromatic N) is 4. The van der Waals surface area contributed by atoms with E-state index in [1.165, 1.54) is 21.1 Å². The number of nitriles is 1. The third-order valence-electron chi connectivity index (χ3n) is 4.55. The Hall–Kier alpha value is -3.19. The molecule has 0 saturated carbocycles. The number of Topliss-reactive ketones (excluding diaryl/α,β-unsaturated/α-hetero) is 1. The van der Waals surface area contributed by atoms with E-state index in [1.54, 1.807) is 41.0 Å². The number of hydrogen-bond acceptors (Lipinski definition) is 8. The Labute approximate surface area is 204 Å². The molecule has 1 aromatic heterocycles. The molecule has 0 radical (unpaired) electrons. The van der Waals surface area contributed by atoms with Gasteiger partial charge < -0.3 is 15.2 Å². The number of hydrogen-bond donors (Lipinski definition) is 1. The van der Waals surface area contributed by atoms with Gasteiger partial charge in [-0.15, -0.1) is 10.2 Å². The molecule has 0 amide bonds. The number of allylic oxidation sites excluding steroid dienone is 2. The average Bonchev–Trinajstić information content (AvgIpc) is 3.21. The Kier molecular flexibility index (Phi) is 7.87. The Morgan fingerprint density at radius 3 is 2.45 bits per heavy atom. The number of halogens is 2. The fourth-order valence-corrected chi connectivity index (χ4v) is 4.24. The standard InChI is InChI=1S/C22H19Cl2N5O3S/c1-12(26)16(10-25)18(30)11-33-22-28-27-21(15-8-13(23)4-6-19(15)31-2)29(22)14-5-7-20(32-3)17(24)9-14/h4-9H,11,26H2,1-3H3/b16-12-. The van der Waals surface area contributed by atoms with Crippen molar-refractivity contribution in [3.05, 3.63) is 57.7 Å². The zero-order valence-electron chi connectivity index (χ0n) is 17.9. The topological polar surface area (TPSA) is 116 Å². The van der Waals surface area contributed by atoms with E-state index in [9.17, 15) is 10.1 Å². The van der Waals surface area contributed by atoms with Gasteiger partial charge in [-0.05, 0) is 43.3 Å². The summed E-state index contributed by atoms with van der Waals surface area (Å²) < 4.78 is 12.5. The summed E-state index contributed by atoms with van der Waals surface area (Å²) in [5, 5.41) is 19.1. The largest absolute Gasteiger partial charge is 0.496 e. The lowest BCUT2D eigenvalue weighted by Crippen LogP contribution is -2.11. The minimum Gasteiger partial charge on any atom is -0.496 e. The van der Waals surface area contributed by atoms with E-state index in [0.29, 0.717) is 43.8 Å². The molecule has 3 aromatic rings. The summed E-state index contributed by atoms with van der Waals surface area (Å²) in [5.41, 5.74) is 6.95. The highest BCUT2D eigenvalue weighted by molar-refractivity contribution is 7.99. The van der Waals surface area contributed by atoms with Crippen LogP contribution in [0.3, 0.4) is 0 Å². The summed E-state index contributed by atoms with van der Waals surface area (Å²) in [6, 6.07) is 12.2. The van der Waals surface area contributed by atoms with Crippen LogP contribution in [-0.4, -0.2) is 40.5 Å². The summed E-state index contributed by atoms with van der Waals surface area (Å²) in [6.07, 6.45) is 0. The van der Waals surface area contributed by atoms with E-state index in [4.69, 9.17) is 38.4 Å². The van der Waals surface area contributed by atoms with Crippen molar-refractivity contribution < 1.29 is 14.3 Å². The molecule has 11 heteroatoms. The zero-order valence-corrected chi connectivity index (χ0v) is 20.3. The molecule has 3 rings (SSSR count). The fraction of sp³-hybridized carbons (Fsp3) is 0.182.